The smallest absolute Gasteiger partial charge is 0.325 e. The number of carbonyl (C=O) groups is 2. The highest BCUT2D eigenvalue weighted by molar-refractivity contribution is 6.31. The van der Waals surface area contributed by atoms with Crippen molar-refractivity contribution in [1.82, 2.24) is 15.2 Å². The van der Waals surface area contributed by atoms with Gasteiger partial charge in [0.1, 0.15) is 11.9 Å². The number of likely N-dealkylation sites (tertiary alicyclic amines) is 1. The summed E-state index contributed by atoms with van der Waals surface area (Å²) in [6, 6.07) is 10.6. The molecule has 2 aliphatic heterocycles. The van der Waals surface area contributed by atoms with Crippen molar-refractivity contribution in [1.29, 1.82) is 0 Å². The summed E-state index contributed by atoms with van der Waals surface area (Å²) < 4.78 is 0. The van der Waals surface area contributed by atoms with Crippen molar-refractivity contribution >= 4 is 29.3 Å². The lowest BCUT2D eigenvalue weighted by atomic mass is 10.0. The molecule has 1 saturated carbocycles. The Labute approximate surface area is 198 Å². The molecular weight excluding hydrogens is 440 g/mol. The fraction of sp³-hybridized carbons (Fsp3) is 0.480. The highest BCUT2D eigenvalue weighted by Gasteiger charge is 2.60. The predicted molar refractivity (Wildman–Crippen MR) is 126 cm³/mol. The van der Waals surface area contributed by atoms with E-state index in [0.717, 1.165) is 43.7 Å². The van der Waals surface area contributed by atoms with Gasteiger partial charge in [-0.1, -0.05) is 35.9 Å². The number of aliphatic carboxylic acids is 1. The number of carboxylic acid groups (broad SMARTS) is 1. The zero-order valence-electron chi connectivity index (χ0n) is 18.5. The van der Waals surface area contributed by atoms with Crippen LogP contribution in [-0.2, 0) is 22.4 Å². The summed E-state index contributed by atoms with van der Waals surface area (Å²) in [6.45, 7) is 2.82. The zero-order chi connectivity index (χ0) is 22.9. The van der Waals surface area contributed by atoms with Crippen molar-refractivity contribution in [2.75, 3.05) is 31.5 Å². The van der Waals surface area contributed by atoms with E-state index in [1.54, 1.807) is 24.3 Å². The summed E-state index contributed by atoms with van der Waals surface area (Å²) >= 11 is 6.26. The number of amides is 1. The number of nitrogens with zero attached hydrogens (tertiary/aromatic N) is 2. The van der Waals surface area contributed by atoms with Gasteiger partial charge in [0.15, 0.2) is 0 Å². The first-order valence-corrected chi connectivity index (χ1v) is 12.1. The van der Waals surface area contributed by atoms with Crippen LogP contribution in [0.3, 0.4) is 0 Å². The van der Waals surface area contributed by atoms with E-state index in [0.29, 0.717) is 30.2 Å². The molecule has 1 aromatic heterocycles. The summed E-state index contributed by atoms with van der Waals surface area (Å²) in [4.78, 5) is 31.3. The minimum Gasteiger partial charge on any atom is -0.480 e. The number of nitrogens with one attached hydrogen (secondary N) is 2. The first-order chi connectivity index (χ1) is 16.0. The molecule has 33 heavy (non-hydrogen) atoms. The van der Waals surface area contributed by atoms with E-state index in [4.69, 9.17) is 16.6 Å². The maximum Gasteiger partial charge on any atom is 0.325 e. The minimum atomic E-state index is -0.906. The fourth-order valence-corrected chi connectivity index (χ4v) is 5.69. The molecular formula is C25H29ClN4O3. The quantitative estimate of drug-likeness (QED) is 0.515. The van der Waals surface area contributed by atoms with Crippen LogP contribution in [0.2, 0.25) is 5.02 Å². The normalized spacial score (nSPS) is 24.3. The first kappa shape index (κ1) is 22.2. The Morgan fingerprint density at radius 3 is 2.76 bits per heavy atom. The van der Waals surface area contributed by atoms with Crippen LogP contribution in [0.15, 0.2) is 36.4 Å². The van der Waals surface area contributed by atoms with Gasteiger partial charge in [0.25, 0.3) is 0 Å². The topological polar surface area (TPSA) is 94.6 Å². The van der Waals surface area contributed by atoms with E-state index in [9.17, 15) is 14.7 Å². The fourth-order valence-electron chi connectivity index (χ4n) is 5.45. The molecule has 5 rings (SSSR count). The van der Waals surface area contributed by atoms with Gasteiger partial charge < -0.3 is 15.7 Å². The van der Waals surface area contributed by atoms with Crippen molar-refractivity contribution in [3.63, 3.8) is 0 Å². The lowest BCUT2D eigenvalue weighted by molar-refractivity contribution is -0.143. The van der Waals surface area contributed by atoms with Gasteiger partial charge >= 0.3 is 5.97 Å². The van der Waals surface area contributed by atoms with E-state index >= 15 is 0 Å². The molecule has 3 N–H and O–H groups in total. The minimum absolute atomic E-state index is 0.00647. The van der Waals surface area contributed by atoms with Crippen LogP contribution < -0.4 is 10.6 Å². The van der Waals surface area contributed by atoms with Gasteiger partial charge in [-0.15, -0.1) is 0 Å². The molecule has 3 aliphatic rings. The second-order valence-electron chi connectivity index (χ2n) is 9.30. The van der Waals surface area contributed by atoms with Gasteiger partial charge in [-0.05, 0) is 60.8 Å². The number of hydrogen-bond donors (Lipinski definition) is 3. The molecule has 0 radical (unpaired) electrons. The third-order valence-corrected chi connectivity index (χ3v) is 7.53. The molecule has 1 aliphatic carbocycles. The van der Waals surface area contributed by atoms with Crippen LogP contribution in [0.1, 0.15) is 35.7 Å². The molecule has 3 heterocycles. The lowest BCUT2D eigenvalue weighted by Crippen LogP contribution is -2.37. The summed E-state index contributed by atoms with van der Waals surface area (Å²) in [5.74, 6) is 0.638. The number of anilines is 1. The van der Waals surface area contributed by atoms with Crippen LogP contribution in [0.25, 0.3) is 0 Å². The van der Waals surface area contributed by atoms with Gasteiger partial charge in [-0.25, -0.2) is 4.98 Å². The average Bonchev–Trinajstić information content (AvgIpc) is 3.32. The van der Waals surface area contributed by atoms with Crippen LogP contribution in [0.5, 0.6) is 0 Å². The third kappa shape index (κ3) is 4.57. The van der Waals surface area contributed by atoms with Gasteiger partial charge in [-0.3, -0.25) is 14.5 Å². The molecule has 1 amide bonds. The van der Waals surface area contributed by atoms with Crippen LogP contribution in [0.4, 0.5) is 5.82 Å². The molecule has 1 saturated heterocycles. The van der Waals surface area contributed by atoms with Crippen molar-refractivity contribution in [2.45, 2.75) is 31.7 Å². The maximum atomic E-state index is 12.7. The highest BCUT2D eigenvalue weighted by atomic mass is 35.5. The third-order valence-electron chi connectivity index (χ3n) is 7.18. The van der Waals surface area contributed by atoms with Gasteiger partial charge in [0.2, 0.25) is 5.91 Å². The van der Waals surface area contributed by atoms with Gasteiger partial charge in [0, 0.05) is 42.8 Å². The molecule has 174 valence electrons. The number of fused-ring (bicyclic) bond motifs is 2. The maximum absolute atomic E-state index is 12.7. The van der Waals surface area contributed by atoms with Crippen molar-refractivity contribution < 1.29 is 14.7 Å². The van der Waals surface area contributed by atoms with Crippen molar-refractivity contribution in [3.8, 4) is 0 Å². The van der Waals surface area contributed by atoms with E-state index < -0.39 is 12.0 Å². The van der Waals surface area contributed by atoms with Gasteiger partial charge in [0.05, 0.1) is 0 Å². The SMILES string of the molecule is O=C(O)C(c1ccccc1Cl)N1C[C@@H]2[C@H](C1)[C@@H]2C(=O)NCCCc1ccc2c(n1)NCCC2. The number of aryl methyl sites for hydroxylation is 2. The number of hydrogen-bond acceptors (Lipinski definition) is 5. The molecule has 4 atom stereocenters. The van der Waals surface area contributed by atoms with E-state index in [1.807, 2.05) is 4.90 Å². The Hall–Kier alpha value is -2.64. The largest absolute Gasteiger partial charge is 0.480 e. The monoisotopic (exact) mass is 468 g/mol. The van der Waals surface area contributed by atoms with Crippen molar-refractivity contribution in [3.05, 3.63) is 58.2 Å². The standard InChI is InChI=1S/C25H29ClN4O3/c26-20-8-2-1-7-17(20)22(25(32)33)30-13-18-19(14-30)21(18)24(31)28-12-4-6-16-10-9-15-5-3-11-27-23(15)29-16/h1-2,7-10,18-19,21-22H,3-6,11-14H2,(H,27,29)(H,28,31)(H,32,33)/t18-,19+,21-,22?. The Morgan fingerprint density at radius 2 is 2.00 bits per heavy atom. The van der Waals surface area contributed by atoms with Crippen LogP contribution in [0, 0.1) is 17.8 Å². The molecule has 0 spiro atoms. The second kappa shape index (κ2) is 9.31. The molecule has 0 bridgehead atoms. The van der Waals surface area contributed by atoms with E-state index in [1.165, 1.54) is 5.56 Å². The van der Waals surface area contributed by atoms with Gasteiger partial charge in [-0.2, -0.15) is 0 Å². The molecule has 2 fully saturated rings. The summed E-state index contributed by atoms with van der Waals surface area (Å²) in [7, 11) is 0. The molecule has 7 nitrogen and oxygen atoms in total. The van der Waals surface area contributed by atoms with Crippen molar-refractivity contribution in [2.24, 2.45) is 17.8 Å². The Balaban J connectivity index is 1.08. The second-order valence-corrected chi connectivity index (χ2v) is 9.71. The summed E-state index contributed by atoms with van der Waals surface area (Å²) in [6.07, 6.45) is 3.91. The molecule has 2 aromatic rings. The zero-order valence-corrected chi connectivity index (χ0v) is 19.2. The number of carbonyl (C=O) groups excluding carboxylic acids is 1. The molecule has 1 unspecified atom stereocenters. The number of rotatable bonds is 8. The number of piperidine rings is 1. The molecule has 8 heteroatoms. The Morgan fingerprint density at radius 1 is 1.21 bits per heavy atom. The summed E-state index contributed by atoms with van der Waals surface area (Å²) in [5, 5.41) is 16.7. The number of aromatic nitrogens is 1. The lowest BCUT2D eigenvalue weighted by Gasteiger charge is -2.27. The number of carboxylic acids is 1. The van der Waals surface area contributed by atoms with Crippen LogP contribution >= 0.6 is 11.6 Å². The Kier molecular flexibility index (Phi) is 6.25. The highest BCUT2D eigenvalue weighted by Crippen LogP contribution is 2.53. The predicted octanol–water partition coefficient (Wildman–Crippen LogP) is 3.15. The average molecular weight is 469 g/mol. The number of pyridine rings is 1. The number of halogens is 1. The molecule has 1 aromatic carbocycles. The summed E-state index contributed by atoms with van der Waals surface area (Å²) in [5.41, 5.74) is 2.95. The first-order valence-electron chi connectivity index (χ1n) is 11.7. The van der Waals surface area contributed by atoms with Crippen LogP contribution in [-0.4, -0.2) is 53.0 Å². The van der Waals surface area contributed by atoms with E-state index in [-0.39, 0.29) is 23.7 Å². The van der Waals surface area contributed by atoms with E-state index in [2.05, 4.69) is 22.8 Å². The number of benzene rings is 1. The Bertz CT molecular complexity index is 1050.